The molecule has 0 fully saturated rings. The van der Waals surface area contributed by atoms with Crippen LogP contribution in [0.2, 0.25) is 5.02 Å². The highest BCUT2D eigenvalue weighted by atomic mass is 35.5. The third kappa shape index (κ3) is 2.49. The average Bonchev–Trinajstić information content (AvgIpc) is 3.11. The molecule has 0 aromatic heterocycles. The van der Waals surface area contributed by atoms with E-state index in [4.69, 9.17) is 16.3 Å². The van der Waals surface area contributed by atoms with Crippen LogP contribution in [-0.2, 0) is 4.74 Å². The van der Waals surface area contributed by atoms with Crippen LogP contribution in [0.15, 0.2) is 54.6 Å². The van der Waals surface area contributed by atoms with E-state index >= 15 is 0 Å². The predicted octanol–water partition coefficient (Wildman–Crippen LogP) is 4.95. The Bertz CT molecular complexity index is 813. The highest BCUT2D eigenvalue weighted by molar-refractivity contribution is 6.30. The monoisotopic (exact) mass is 339 g/mol. The van der Waals surface area contributed by atoms with Gasteiger partial charge in [-0.3, -0.25) is 0 Å². The summed E-state index contributed by atoms with van der Waals surface area (Å²) in [4.78, 5) is 11.8. The number of carbonyl (C=O) groups is 1. The number of hydrogen-bond donors (Lipinski definition) is 1. The maximum Gasteiger partial charge on any atom is 0.337 e. The van der Waals surface area contributed by atoms with E-state index in [1.807, 2.05) is 30.3 Å². The first-order valence-electron chi connectivity index (χ1n) is 8.08. The third-order valence-corrected chi connectivity index (χ3v) is 5.26. The summed E-state index contributed by atoms with van der Waals surface area (Å²) in [5, 5.41) is 4.40. The van der Waals surface area contributed by atoms with Gasteiger partial charge in [-0.1, -0.05) is 35.9 Å². The van der Waals surface area contributed by atoms with E-state index < -0.39 is 0 Å². The van der Waals surface area contributed by atoms with Crippen molar-refractivity contribution < 1.29 is 9.53 Å². The van der Waals surface area contributed by atoms with Crippen LogP contribution in [0.1, 0.15) is 39.9 Å². The Labute approximate surface area is 146 Å². The van der Waals surface area contributed by atoms with Crippen LogP contribution in [0.3, 0.4) is 0 Å². The molecular formula is C20H18ClNO2. The number of rotatable bonds is 2. The van der Waals surface area contributed by atoms with E-state index in [0.29, 0.717) is 17.4 Å². The smallest absolute Gasteiger partial charge is 0.337 e. The van der Waals surface area contributed by atoms with Gasteiger partial charge in [0.2, 0.25) is 0 Å². The zero-order valence-electron chi connectivity index (χ0n) is 13.3. The molecule has 0 radical (unpaired) electrons. The number of anilines is 1. The minimum atomic E-state index is -0.295. The van der Waals surface area contributed by atoms with Gasteiger partial charge >= 0.3 is 5.97 Å². The molecule has 2 aromatic rings. The molecule has 2 aromatic carbocycles. The van der Waals surface area contributed by atoms with Crippen LogP contribution in [0.5, 0.6) is 0 Å². The van der Waals surface area contributed by atoms with Gasteiger partial charge in [-0.15, -0.1) is 0 Å². The van der Waals surface area contributed by atoms with Gasteiger partial charge in [-0.05, 0) is 53.8 Å². The fraction of sp³-hybridized carbons (Fsp3) is 0.250. The minimum absolute atomic E-state index is 0.235. The molecule has 122 valence electrons. The summed E-state index contributed by atoms with van der Waals surface area (Å²) < 4.78 is 4.85. The Kier molecular flexibility index (Phi) is 3.81. The molecule has 1 aliphatic heterocycles. The standard InChI is InChI=1S/C20H18ClNO2/c1-24-20(23)13-7-10-18-17(11-13)15-3-2-4-16(15)19(22-18)12-5-8-14(21)9-6-12/h2-3,5-11,15-16,19,22H,4H2,1H3. The van der Waals surface area contributed by atoms with Crippen molar-refractivity contribution in [3.05, 3.63) is 76.3 Å². The van der Waals surface area contributed by atoms with Crippen molar-refractivity contribution in [2.75, 3.05) is 12.4 Å². The molecule has 24 heavy (non-hydrogen) atoms. The number of hydrogen-bond acceptors (Lipinski definition) is 3. The van der Waals surface area contributed by atoms with Crippen LogP contribution in [0, 0.1) is 5.92 Å². The summed E-state index contributed by atoms with van der Waals surface area (Å²) in [5.41, 5.74) is 4.08. The van der Waals surface area contributed by atoms with Gasteiger partial charge in [0.15, 0.2) is 0 Å². The Morgan fingerprint density at radius 1 is 1.21 bits per heavy atom. The Hall–Kier alpha value is -2.26. The largest absolute Gasteiger partial charge is 0.465 e. The predicted molar refractivity (Wildman–Crippen MR) is 95.6 cm³/mol. The Morgan fingerprint density at radius 3 is 2.75 bits per heavy atom. The first kappa shape index (κ1) is 15.3. The molecule has 4 rings (SSSR count). The van der Waals surface area contributed by atoms with Crippen molar-refractivity contribution in [1.29, 1.82) is 0 Å². The zero-order chi connectivity index (χ0) is 16.7. The second kappa shape index (κ2) is 5.99. The van der Waals surface area contributed by atoms with Gasteiger partial charge in [0.05, 0.1) is 18.7 Å². The van der Waals surface area contributed by atoms with Crippen molar-refractivity contribution in [2.24, 2.45) is 5.92 Å². The molecule has 3 unspecified atom stereocenters. The van der Waals surface area contributed by atoms with Crippen molar-refractivity contribution in [2.45, 2.75) is 18.4 Å². The molecule has 3 nitrogen and oxygen atoms in total. The number of ether oxygens (including phenoxy) is 1. The lowest BCUT2D eigenvalue weighted by molar-refractivity contribution is 0.0600. The lowest BCUT2D eigenvalue weighted by Gasteiger charge is -2.37. The molecule has 3 atom stereocenters. The number of nitrogens with one attached hydrogen (secondary N) is 1. The summed E-state index contributed by atoms with van der Waals surface area (Å²) in [7, 11) is 1.41. The molecule has 1 aliphatic carbocycles. The fourth-order valence-corrected chi connectivity index (χ4v) is 3.97. The molecule has 4 heteroatoms. The Balaban J connectivity index is 1.74. The lowest BCUT2D eigenvalue weighted by atomic mass is 9.76. The molecule has 2 aliphatic rings. The van der Waals surface area contributed by atoms with Crippen LogP contribution in [0.4, 0.5) is 5.69 Å². The van der Waals surface area contributed by atoms with Crippen LogP contribution in [-0.4, -0.2) is 13.1 Å². The van der Waals surface area contributed by atoms with E-state index in [1.54, 1.807) is 0 Å². The van der Waals surface area contributed by atoms with Gasteiger partial charge in [-0.25, -0.2) is 4.79 Å². The SMILES string of the molecule is COC(=O)c1ccc2c(c1)C1C=CCC1C(c1ccc(Cl)cc1)N2. The number of carbonyl (C=O) groups excluding carboxylic acids is 1. The van der Waals surface area contributed by atoms with Gasteiger partial charge in [0.1, 0.15) is 0 Å². The zero-order valence-corrected chi connectivity index (χ0v) is 14.1. The molecule has 0 saturated heterocycles. The normalized spacial score (nSPS) is 24.0. The molecule has 0 amide bonds. The number of esters is 1. The van der Waals surface area contributed by atoms with Crippen LogP contribution in [0.25, 0.3) is 0 Å². The maximum absolute atomic E-state index is 11.8. The maximum atomic E-state index is 11.8. The minimum Gasteiger partial charge on any atom is -0.465 e. The van der Waals surface area contributed by atoms with Gasteiger partial charge < -0.3 is 10.1 Å². The molecule has 1 N–H and O–H groups in total. The summed E-state index contributed by atoms with van der Waals surface area (Å²) in [6.07, 6.45) is 5.51. The number of halogens is 1. The summed E-state index contributed by atoms with van der Waals surface area (Å²) in [5.74, 6) is 0.453. The second-order valence-electron chi connectivity index (χ2n) is 6.32. The molecule has 0 spiro atoms. The molecule has 1 heterocycles. The number of benzene rings is 2. The van der Waals surface area contributed by atoms with Crippen molar-refractivity contribution in [3.8, 4) is 0 Å². The second-order valence-corrected chi connectivity index (χ2v) is 6.76. The summed E-state index contributed by atoms with van der Waals surface area (Å²) >= 11 is 6.03. The fourth-order valence-electron chi connectivity index (χ4n) is 3.84. The molecular weight excluding hydrogens is 322 g/mol. The topological polar surface area (TPSA) is 38.3 Å². The first-order chi connectivity index (χ1) is 11.7. The Morgan fingerprint density at radius 2 is 2.00 bits per heavy atom. The first-order valence-corrected chi connectivity index (χ1v) is 8.46. The highest BCUT2D eigenvalue weighted by Gasteiger charge is 2.38. The van der Waals surface area contributed by atoms with E-state index in [0.717, 1.165) is 17.1 Å². The number of allylic oxidation sites excluding steroid dienone is 2. The van der Waals surface area contributed by atoms with E-state index in [1.165, 1.54) is 18.2 Å². The number of methoxy groups -OCH3 is 1. The summed E-state index contributed by atoms with van der Waals surface area (Å²) in [6.45, 7) is 0. The van der Waals surface area contributed by atoms with Gasteiger partial charge in [-0.2, -0.15) is 0 Å². The van der Waals surface area contributed by atoms with Crippen molar-refractivity contribution in [3.63, 3.8) is 0 Å². The average molecular weight is 340 g/mol. The van der Waals surface area contributed by atoms with Crippen LogP contribution < -0.4 is 5.32 Å². The van der Waals surface area contributed by atoms with E-state index in [2.05, 4.69) is 29.6 Å². The summed E-state index contributed by atoms with van der Waals surface area (Å²) in [6, 6.07) is 14.0. The van der Waals surface area contributed by atoms with Crippen molar-refractivity contribution >= 4 is 23.3 Å². The van der Waals surface area contributed by atoms with E-state index in [-0.39, 0.29) is 12.0 Å². The quantitative estimate of drug-likeness (QED) is 0.621. The van der Waals surface area contributed by atoms with Crippen LogP contribution >= 0.6 is 11.6 Å². The lowest BCUT2D eigenvalue weighted by Crippen LogP contribution is -2.29. The highest BCUT2D eigenvalue weighted by Crippen LogP contribution is 2.50. The van der Waals surface area contributed by atoms with E-state index in [9.17, 15) is 4.79 Å². The molecule has 0 saturated carbocycles. The van der Waals surface area contributed by atoms with Gasteiger partial charge in [0.25, 0.3) is 0 Å². The van der Waals surface area contributed by atoms with Gasteiger partial charge in [0, 0.05) is 16.6 Å². The third-order valence-electron chi connectivity index (χ3n) is 5.01. The van der Waals surface area contributed by atoms with Crippen molar-refractivity contribution in [1.82, 2.24) is 0 Å². The number of fused-ring (bicyclic) bond motifs is 3. The molecule has 0 bridgehead atoms.